The van der Waals surface area contributed by atoms with Crippen LogP contribution < -0.4 is 10.6 Å². The van der Waals surface area contributed by atoms with Crippen molar-refractivity contribution in [2.45, 2.75) is 44.3 Å². The van der Waals surface area contributed by atoms with Crippen LogP contribution in [0.3, 0.4) is 0 Å². The average molecular weight is 295 g/mol. The van der Waals surface area contributed by atoms with E-state index in [0.717, 1.165) is 44.2 Å². The van der Waals surface area contributed by atoms with Crippen molar-refractivity contribution < 1.29 is 0 Å². The van der Waals surface area contributed by atoms with Gasteiger partial charge in [0, 0.05) is 13.1 Å². The predicted octanol–water partition coefficient (Wildman–Crippen LogP) is 2.33. The second-order valence-electron chi connectivity index (χ2n) is 6.38. The normalized spacial score (nSPS) is 26.7. The molecule has 2 aliphatic heterocycles. The third-order valence-electron chi connectivity index (χ3n) is 4.72. The van der Waals surface area contributed by atoms with Crippen LogP contribution in [0.5, 0.6) is 0 Å². The second-order valence-corrected chi connectivity index (χ2v) is 7.69. The zero-order valence-electron chi connectivity index (χ0n) is 12.3. The van der Waals surface area contributed by atoms with E-state index in [9.17, 15) is 0 Å². The Balaban J connectivity index is 1.62. The SMILES string of the molecule is CC1(CN)CCN(c2n[nH]c(C3CCCCS3)n2)CC1. The Morgan fingerprint density at radius 2 is 2.20 bits per heavy atom. The van der Waals surface area contributed by atoms with Gasteiger partial charge in [0.25, 0.3) is 0 Å². The van der Waals surface area contributed by atoms with Crippen molar-refractivity contribution >= 4 is 17.7 Å². The molecule has 3 N–H and O–H groups in total. The van der Waals surface area contributed by atoms with Gasteiger partial charge in [-0.1, -0.05) is 13.3 Å². The maximum atomic E-state index is 5.86. The molecule has 3 rings (SSSR count). The first kappa shape index (κ1) is 14.2. The van der Waals surface area contributed by atoms with Crippen molar-refractivity contribution in [3.63, 3.8) is 0 Å². The Labute approximate surface area is 125 Å². The first-order valence-corrected chi connectivity index (χ1v) is 8.74. The number of hydrogen-bond donors (Lipinski definition) is 2. The number of thioether (sulfide) groups is 1. The van der Waals surface area contributed by atoms with Gasteiger partial charge in [-0.3, -0.25) is 5.10 Å². The van der Waals surface area contributed by atoms with Crippen LogP contribution in [0.4, 0.5) is 5.95 Å². The monoisotopic (exact) mass is 295 g/mol. The van der Waals surface area contributed by atoms with Gasteiger partial charge in [0.2, 0.25) is 5.95 Å². The first-order chi connectivity index (χ1) is 9.70. The molecule has 20 heavy (non-hydrogen) atoms. The van der Waals surface area contributed by atoms with Crippen LogP contribution in [0.2, 0.25) is 0 Å². The molecule has 0 aromatic carbocycles. The molecular formula is C14H25N5S. The van der Waals surface area contributed by atoms with Crippen LogP contribution in [-0.2, 0) is 0 Å². The standard InChI is InChI=1S/C14H25N5S/c1-14(10-15)5-7-19(8-6-14)13-16-12(17-18-13)11-4-2-3-9-20-11/h11H,2-10,15H2,1H3,(H,16,17,18). The molecule has 1 atom stereocenters. The van der Waals surface area contributed by atoms with Crippen LogP contribution >= 0.6 is 11.8 Å². The molecule has 1 unspecified atom stereocenters. The van der Waals surface area contributed by atoms with Crippen LogP contribution in [0, 0.1) is 5.41 Å². The van der Waals surface area contributed by atoms with Crippen molar-refractivity contribution in [3.8, 4) is 0 Å². The third kappa shape index (κ3) is 2.96. The van der Waals surface area contributed by atoms with Crippen LogP contribution in [-0.4, -0.2) is 40.6 Å². The molecule has 0 saturated carbocycles. The fourth-order valence-electron chi connectivity index (χ4n) is 2.96. The lowest BCUT2D eigenvalue weighted by Gasteiger charge is -2.38. The van der Waals surface area contributed by atoms with Crippen LogP contribution in [0.15, 0.2) is 0 Å². The molecule has 3 heterocycles. The lowest BCUT2D eigenvalue weighted by molar-refractivity contribution is 0.257. The fraction of sp³-hybridized carbons (Fsp3) is 0.857. The number of hydrogen-bond acceptors (Lipinski definition) is 5. The summed E-state index contributed by atoms with van der Waals surface area (Å²) >= 11 is 2.01. The zero-order valence-corrected chi connectivity index (χ0v) is 13.1. The molecule has 0 spiro atoms. The summed E-state index contributed by atoms with van der Waals surface area (Å²) in [5, 5.41) is 8.11. The Morgan fingerprint density at radius 3 is 2.85 bits per heavy atom. The molecule has 0 bridgehead atoms. The van der Waals surface area contributed by atoms with E-state index < -0.39 is 0 Å². The van der Waals surface area contributed by atoms with Crippen molar-refractivity contribution in [2.24, 2.45) is 11.1 Å². The second kappa shape index (κ2) is 5.93. The van der Waals surface area contributed by atoms with Crippen molar-refractivity contribution in [1.82, 2.24) is 15.2 Å². The van der Waals surface area contributed by atoms with Gasteiger partial charge in [-0.05, 0) is 43.4 Å². The minimum atomic E-state index is 0.300. The van der Waals surface area contributed by atoms with E-state index in [1.807, 2.05) is 11.8 Å². The van der Waals surface area contributed by atoms with Crippen LogP contribution in [0.1, 0.15) is 50.1 Å². The van der Waals surface area contributed by atoms with Crippen molar-refractivity contribution in [1.29, 1.82) is 0 Å². The van der Waals surface area contributed by atoms with E-state index in [1.54, 1.807) is 0 Å². The van der Waals surface area contributed by atoms with Crippen LogP contribution in [0.25, 0.3) is 0 Å². The van der Waals surface area contributed by atoms with Gasteiger partial charge in [0.05, 0.1) is 5.25 Å². The van der Waals surface area contributed by atoms with Gasteiger partial charge in [-0.15, -0.1) is 5.10 Å². The van der Waals surface area contributed by atoms with E-state index in [-0.39, 0.29) is 0 Å². The largest absolute Gasteiger partial charge is 0.340 e. The third-order valence-corrected chi connectivity index (χ3v) is 6.11. The molecule has 5 nitrogen and oxygen atoms in total. The summed E-state index contributed by atoms with van der Waals surface area (Å²) in [7, 11) is 0. The minimum absolute atomic E-state index is 0.300. The minimum Gasteiger partial charge on any atom is -0.340 e. The number of nitrogens with two attached hydrogens (primary N) is 1. The lowest BCUT2D eigenvalue weighted by atomic mass is 9.81. The predicted molar refractivity (Wildman–Crippen MR) is 84.0 cm³/mol. The first-order valence-electron chi connectivity index (χ1n) is 7.69. The molecule has 1 aromatic heterocycles. The Morgan fingerprint density at radius 1 is 1.40 bits per heavy atom. The van der Waals surface area contributed by atoms with Crippen molar-refractivity contribution in [3.05, 3.63) is 5.82 Å². The van der Waals surface area contributed by atoms with Gasteiger partial charge in [0.15, 0.2) is 0 Å². The number of anilines is 1. The van der Waals surface area contributed by atoms with Gasteiger partial charge in [-0.25, -0.2) is 0 Å². The summed E-state index contributed by atoms with van der Waals surface area (Å²) < 4.78 is 0. The molecule has 2 fully saturated rings. The molecule has 6 heteroatoms. The number of aromatic nitrogens is 3. The molecule has 112 valence electrons. The molecule has 0 radical (unpaired) electrons. The highest BCUT2D eigenvalue weighted by atomic mass is 32.2. The summed E-state index contributed by atoms with van der Waals surface area (Å²) in [5.74, 6) is 3.20. The number of H-pyrrole nitrogens is 1. The topological polar surface area (TPSA) is 70.8 Å². The summed E-state index contributed by atoms with van der Waals surface area (Å²) in [6.07, 6.45) is 6.14. The van der Waals surface area contributed by atoms with E-state index in [2.05, 4.69) is 22.0 Å². The highest BCUT2D eigenvalue weighted by Crippen LogP contribution is 2.37. The molecule has 1 aromatic rings. The Hall–Kier alpha value is -0.750. The van der Waals surface area contributed by atoms with E-state index >= 15 is 0 Å². The number of rotatable bonds is 3. The lowest BCUT2D eigenvalue weighted by Crippen LogP contribution is -2.42. The Kier molecular flexibility index (Phi) is 4.21. The zero-order chi connectivity index (χ0) is 14.0. The van der Waals surface area contributed by atoms with Gasteiger partial charge in [0.1, 0.15) is 5.82 Å². The summed E-state index contributed by atoms with van der Waals surface area (Å²) in [4.78, 5) is 7.03. The Bertz CT molecular complexity index is 433. The molecular weight excluding hydrogens is 270 g/mol. The smallest absolute Gasteiger partial charge is 0.244 e. The summed E-state index contributed by atoms with van der Waals surface area (Å²) in [6.45, 7) is 5.09. The van der Waals surface area contributed by atoms with E-state index in [0.29, 0.717) is 10.7 Å². The highest BCUT2D eigenvalue weighted by Gasteiger charge is 2.30. The maximum Gasteiger partial charge on any atom is 0.244 e. The molecule has 2 saturated heterocycles. The summed E-state index contributed by atoms with van der Waals surface area (Å²) in [5.41, 5.74) is 6.17. The maximum absolute atomic E-state index is 5.86. The number of nitrogens with zero attached hydrogens (tertiary/aromatic N) is 3. The van der Waals surface area contributed by atoms with Gasteiger partial charge < -0.3 is 10.6 Å². The molecule has 0 amide bonds. The summed E-state index contributed by atoms with van der Waals surface area (Å²) in [6, 6.07) is 0. The highest BCUT2D eigenvalue weighted by molar-refractivity contribution is 7.99. The number of nitrogens with one attached hydrogen (secondary N) is 1. The fourth-order valence-corrected chi connectivity index (χ4v) is 4.21. The quantitative estimate of drug-likeness (QED) is 0.895. The van der Waals surface area contributed by atoms with E-state index in [1.165, 1.54) is 25.0 Å². The average Bonchev–Trinajstić information content (AvgIpc) is 2.99. The van der Waals surface area contributed by atoms with Crippen molar-refractivity contribution in [2.75, 3.05) is 30.3 Å². The molecule has 0 aliphatic carbocycles. The van der Waals surface area contributed by atoms with Gasteiger partial charge in [-0.2, -0.15) is 16.7 Å². The number of piperidine rings is 1. The van der Waals surface area contributed by atoms with Gasteiger partial charge >= 0.3 is 0 Å². The van der Waals surface area contributed by atoms with E-state index in [4.69, 9.17) is 10.7 Å². The molecule has 2 aliphatic rings. The number of aromatic amines is 1.